The lowest BCUT2D eigenvalue weighted by molar-refractivity contribution is -0.318. The molecule has 448 valence electrons. The Balaban J connectivity index is 1.12. The number of cyclic esters (lactones) is 1. The highest BCUT2D eigenvalue weighted by atomic mass is 16.7. The van der Waals surface area contributed by atoms with Gasteiger partial charge in [0.2, 0.25) is 5.43 Å². The zero-order valence-electron chi connectivity index (χ0n) is 49.3. The molecule has 1 aromatic heterocycles. The van der Waals surface area contributed by atoms with Gasteiger partial charge in [0.25, 0.3) is 0 Å². The van der Waals surface area contributed by atoms with Crippen molar-refractivity contribution in [2.45, 2.75) is 223 Å². The first-order valence-electron chi connectivity index (χ1n) is 28.7. The van der Waals surface area contributed by atoms with Crippen LogP contribution in [0, 0.1) is 17.8 Å². The van der Waals surface area contributed by atoms with E-state index in [2.05, 4.69) is 10.6 Å². The maximum absolute atomic E-state index is 14.6. The second kappa shape index (κ2) is 27.0. The van der Waals surface area contributed by atoms with Gasteiger partial charge >= 0.3 is 17.9 Å². The Hall–Kier alpha value is -3.84. The quantitative estimate of drug-likeness (QED) is 0.0744. The Morgan fingerprint density at radius 3 is 2.24 bits per heavy atom. The van der Waals surface area contributed by atoms with Gasteiger partial charge in [-0.2, -0.15) is 0 Å². The van der Waals surface area contributed by atoms with Gasteiger partial charge < -0.3 is 83.7 Å². The van der Waals surface area contributed by atoms with Gasteiger partial charge in [0.05, 0.1) is 47.9 Å². The first-order chi connectivity index (χ1) is 37.0. The molecule has 2 aromatic rings. The average Bonchev–Trinajstić information content (AvgIpc) is 4.27. The monoisotopic (exact) mass is 1120 g/mol. The Kier molecular flexibility index (Phi) is 22.0. The standard InChI is InChI=1S/C58H95N5O16/c1-15-44-58(10,72)50(67)36(6)62(13)30-32(2)28-56(8,71)51(79-55-48(66)43(61(11)12)26-33(3)74-55)34(4)49(35(5)54(70)76-44)78-46-29-57(9,73-14)52(37(7)75-46)77-45(64)22-25-59-23-16-17-24-60-38-18-21-40-42(27-38)63(39-19-20-39)31-41(47(40)65)53(68)69/h18,21,27,31-37,39,43-44,46,48-52,55,59-60,66-67,71-72H,15-17,19-20,22-26,28-30H2,1-14H3,(H,68,69)/t32-,33-,34+,35-,36-,37+,43+,44-,46+,48-,49+,50-,51-,52+,55+,56-,57-,58-/m1/s1. The molecule has 0 radical (unpaired) electrons. The lowest BCUT2D eigenvalue weighted by Crippen LogP contribution is -2.61. The molecular weight excluding hydrogens is 1020 g/mol. The predicted molar refractivity (Wildman–Crippen MR) is 297 cm³/mol. The Morgan fingerprint density at radius 2 is 1.61 bits per heavy atom. The summed E-state index contributed by atoms with van der Waals surface area (Å²) >= 11 is 0. The third kappa shape index (κ3) is 15.4. The smallest absolute Gasteiger partial charge is 0.341 e. The van der Waals surface area contributed by atoms with E-state index in [1.165, 1.54) is 20.2 Å². The van der Waals surface area contributed by atoms with Gasteiger partial charge in [-0.3, -0.25) is 14.4 Å². The summed E-state index contributed by atoms with van der Waals surface area (Å²) in [5, 5.41) is 64.8. The SMILES string of the molecule is CC[C@H]1OC(=O)[C@H](C)[C@@H](O[C@H]2C[C@@](C)(OC)[C@@H](OC(=O)CCNCCCCNc3ccc4c(=O)c(C(=O)O)cn(C5CC5)c4c3)[C@H](C)O2)[C@H](C)[C@@H](O[C@@H]2O[C@H](C)C[C@H](N(C)C)[C@H]2O)[C@](C)(O)C[C@@H](C)CN(C)[C@H](C)[C@@H](O)[C@]1(C)O. The molecule has 3 aliphatic heterocycles. The van der Waals surface area contributed by atoms with Crippen molar-refractivity contribution >= 4 is 34.5 Å². The number of hydrogen-bond acceptors (Lipinski definition) is 19. The van der Waals surface area contributed by atoms with E-state index < -0.39 is 113 Å². The molecule has 21 heteroatoms. The van der Waals surface area contributed by atoms with Gasteiger partial charge in [0.1, 0.15) is 35.1 Å². The summed E-state index contributed by atoms with van der Waals surface area (Å²) in [6.07, 6.45) is -3.89. The maximum atomic E-state index is 14.6. The van der Waals surface area contributed by atoms with Crippen molar-refractivity contribution in [3.63, 3.8) is 0 Å². The number of aromatic nitrogens is 1. The first-order valence-corrected chi connectivity index (χ1v) is 28.7. The van der Waals surface area contributed by atoms with Crippen LogP contribution in [0.15, 0.2) is 29.2 Å². The molecule has 1 aromatic carbocycles. The normalized spacial score (nSPS) is 37.5. The van der Waals surface area contributed by atoms with Gasteiger partial charge in [-0.25, -0.2) is 4.79 Å². The van der Waals surface area contributed by atoms with Crippen LogP contribution in [0.3, 0.4) is 0 Å². The number of carboxylic acid groups (broad SMARTS) is 1. The first kappa shape index (κ1) is 64.3. The lowest BCUT2D eigenvalue weighted by atomic mass is 9.77. The molecule has 4 aliphatic rings. The van der Waals surface area contributed by atoms with Gasteiger partial charge in [-0.1, -0.05) is 20.8 Å². The summed E-state index contributed by atoms with van der Waals surface area (Å²) in [6, 6.07) is 4.66. The zero-order chi connectivity index (χ0) is 58.5. The number of nitrogens with one attached hydrogen (secondary N) is 2. The summed E-state index contributed by atoms with van der Waals surface area (Å²) in [6.45, 7) is 19.7. The fraction of sp³-hybridized carbons (Fsp3) is 0.793. The van der Waals surface area contributed by atoms with Gasteiger partial charge in [0.15, 0.2) is 18.7 Å². The van der Waals surface area contributed by atoms with Gasteiger partial charge in [-0.05, 0) is 145 Å². The van der Waals surface area contributed by atoms with Crippen molar-refractivity contribution in [3.8, 4) is 0 Å². The van der Waals surface area contributed by atoms with Gasteiger partial charge in [-0.15, -0.1) is 0 Å². The summed E-state index contributed by atoms with van der Waals surface area (Å²) in [4.78, 5) is 56.5. The van der Waals surface area contributed by atoms with E-state index in [1.54, 1.807) is 46.8 Å². The summed E-state index contributed by atoms with van der Waals surface area (Å²) < 4.78 is 46.8. The van der Waals surface area contributed by atoms with Crippen LogP contribution in [0.1, 0.15) is 143 Å². The van der Waals surface area contributed by atoms with E-state index in [9.17, 15) is 44.7 Å². The molecule has 4 heterocycles. The lowest BCUT2D eigenvalue weighted by Gasteiger charge is -2.49. The molecule has 7 N–H and O–H groups in total. The molecule has 0 amide bonds. The molecule has 0 spiro atoms. The van der Waals surface area contributed by atoms with Crippen LogP contribution in [0.4, 0.5) is 5.69 Å². The minimum atomic E-state index is -1.86. The number of unbranched alkanes of at least 4 members (excludes halogenated alkanes) is 1. The van der Waals surface area contributed by atoms with E-state index >= 15 is 0 Å². The number of likely N-dealkylation sites (N-methyl/N-ethyl adjacent to an activating group) is 2. The number of rotatable bonds is 19. The minimum absolute atomic E-state index is 0.0578. The summed E-state index contributed by atoms with van der Waals surface area (Å²) in [5.41, 5.74) is -3.78. The largest absolute Gasteiger partial charge is 0.477 e. The number of aliphatic hydroxyl groups excluding tert-OH is 2. The van der Waals surface area contributed by atoms with Crippen LogP contribution in [0.2, 0.25) is 0 Å². The predicted octanol–water partition coefficient (Wildman–Crippen LogP) is 4.67. The van der Waals surface area contributed by atoms with Crippen LogP contribution < -0.4 is 16.1 Å². The number of benzene rings is 1. The molecule has 0 bridgehead atoms. The molecule has 18 atom stereocenters. The number of carbonyl (C=O) groups is 3. The van der Waals surface area contributed by atoms with Crippen molar-refractivity contribution in [1.82, 2.24) is 19.7 Å². The number of hydrogen-bond donors (Lipinski definition) is 7. The third-order valence-corrected chi connectivity index (χ3v) is 17.2. The number of nitrogens with zero attached hydrogens (tertiary/aromatic N) is 3. The molecule has 6 rings (SSSR count). The second-order valence-electron chi connectivity index (χ2n) is 24.3. The average molecular weight is 1120 g/mol. The fourth-order valence-corrected chi connectivity index (χ4v) is 12.3. The number of carboxylic acids is 1. The van der Waals surface area contributed by atoms with Crippen molar-refractivity contribution < 1.29 is 73.1 Å². The molecule has 4 fully saturated rings. The Labute approximate surface area is 466 Å². The molecule has 3 saturated heterocycles. The van der Waals surface area contributed by atoms with E-state index in [0.717, 1.165) is 31.4 Å². The Bertz CT molecular complexity index is 2420. The molecule has 1 saturated carbocycles. The van der Waals surface area contributed by atoms with E-state index in [1.807, 2.05) is 69.3 Å². The Morgan fingerprint density at radius 1 is 0.924 bits per heavy atom. The molecule has 1 aliphatic carbocycles. The topological polar surface area (TPSA) is 270 Å². The minimum Gasteiger partial charge on any atom is -0.477 e. The summed E-state index contributed by atoms with van der Waals surface area (Å²) in [7, 11) is 7.10. The molecule has 79 heavy (non-hydrogen) atoms. The van der Waals surface area contributed by atoms with Crippen molar-refractivity contribution in [1.29, 1.82) is 0 Å². The highest BCUT2D eigenvalue weighted by Crippen LogP contribution is 2.42. The van der Waals surface area contributed by atoms with Crippen LogP contribution in [-0.2, 0) is 42.7 Å². The maximum Gasteiger partial charge on any atom is 0.341 e. The number of anilines is 1. The number of carbonyl (C=O) groups excluding carboxylic acids is 2. The molecule has 0 unspecified atom stereocenters. The number of aromatic carboxylic acids is 1. The number of aliphatic hydroxyl groups is 4. The fourth-order valence-electron chi connectivity index (χ4n) is 12.3. The van der Waals surface area contributed by atoms with E-state index in [4.69, 9.17) is 33.2 Å². The van der Waals surface area contributed by atoms with E-state index in [0.29, 0.717) is 43.5 Å². The van der Waals surface area contributed by atoms with Gasteiger partial charge in [0, 0.05) is 74.5 Å². The second-order valence-corrected chi connectivity index (χ2v) is 24.3. The third-order valence-electron chi connectivity index (χ3n) is 17.2. The van der Waals surface area contributed by atoms with Crippen LogP contribution in [-0.4, -0.2) is 203 Å². The van der Waals surface area contributed by atoms with Crippen molar-refractivity contribution in [2.24, 2.45) is 17.8 Å². The number of methoxy groups -OCH3 is 1. The summed E-state index contributed by atoms with van der Waals surface area (Å²) in [5.74, 6) is -4.53. The van der Waals surface area contributed by atoms with Crippen molar-refractivity contribution in [2.75, 3.05) is 59.7 Å². The number of ether oxygens (including phenoxy) is 7. The highest BCUT2D eigenvalue weighted by molar-refractivity contribution is 5.93. The van der Waals surface area contributed by atoms with Crippen LogP contribution in [0.5, 0.6) is 0 Å². The van der Waals surface area contributed by atoms with Crippen LogP contribution >= 0.6 is 0 Å². The molecular formula is C58H95N5O16. The number of esters is 2. The highest BCUT2D eigenvalue weighted by Gasteiger charge is 2.54. The zero-order valence-corrected chi connectivity index (χ0v) is 49.3. The molecule has 21 nitrogen and oxygen atoms in total. The number of pyridine rings is 1. The van der Waals surface area contributed by atoms with E-state index in [-0.39, 0.29) is 55.4 Å². The van der Waals surface area contributed by atoms with Crippen LogP contribution in [0.25, 0.3) is 10.9 Å². The van der Waals surface area contributed by atoms with Crippen molar-refractivity contribution in [3.05, 3.63) is 40.2 Å². The number of fused-ring (bicyclic) bond motifs is 1.